The predicted octanol–water partition coefficient (Wildman–Crippen LogP) is 3.80. The number of carbonyl (C=O) groups is 1. The van der Waals surface area contributed by atoms with Crippen LogP contribution in [0.1, 0.15) is 36.9 Å². The lowest BCUT2D eigenvalue weighted by Gasteiger charge is -2.18. The number of hydrogen-bond donors (Lipinski definition) is 2. The third kappa shape index (κ3) is 3.47. The number of likely N-dealkylation sites (N-methyl/N-ethyl adjacent to an activating group) is 1. The van der Waals surface area contributed by atoms with Crippen LogP contribution in [0.4, 0.5) is 16.2 Å². The molecule has 0 fully saturated rings. The summed E-state index contributed by atoms with van der Waals surface area (Å²) in [5.41, 5.74) is 3.42. The summed E-state index contributed by atoms with van der Waals surface area (Å²) in [6.45, 7) is 6.25. The molecule has 1 aliphatic rings. The quantitative estimate of drug-likeness (QED) is 0.877. The topological polar surface area (TPSA) is 57.3 Å². The summed E-state index contributed by atoms with van der Waals surface area (Å²) in [6, 6.07) is 5.92. The van der Waals surface area contributed by atoms with Gasteiger partial charge in [0.15, 0.2) is 0 Å². The van der Waals surface area contributed by atoms with Crippen LogP contribution in [0.5, 0.6) is 0 Å². The van der Waals surface area contributed by atoms with Crippen molar-refractivity contribution in [3.63, 3.8) is 0 Å². The third-order valence-electron chi connectivity index (χ3n) is 4.18. The van der Waals surface area contributed by atoms with E-state index in [9.17, 15) is 4.79 Å². The third-order valence-corrected chi connectivity index (χ3v) is 5.07. The van der Waals surface area contributed by atoms with Crippen molar-refractivity contribution in [3.8, 4) is 0 Å². The van der Waals surface area contributed by atoms with Crippen LogP contribution in [0.3, 0.4) is 0 Å². The van der Waals surface area contributed by atoms with Crippen molar-refractivity contribution in [2.24, 2.45) is 0 Å². The number of amides is 2. The highest BCUT2D eigenvalue weighted by molar-refractivity contribution is 7.09. The van der Waals surface area contributed by atoms with E-state index in [1.807, 2.05) is 18.4 Å². The molecule has 0 saturated heterocycles. The number of carbonyl (C=O) groups excluding carboxylic acids is 1. The number of benzene rings is 1. The summed E-state index contributed by atoms with van der Waals surface area (Å²) >= 11 is 1.56. The summed E-state index contributed by atoms with van der Waals surface area (Å²) in [6.07, 6.45) is 3.66. The van der Waals surface area contributed by atoms with Crippen molar-refractivity contribution in [3.05, 3.63) is 40.3 Å². The van der Waals surface area contributed by atoms with Crippen molar-refractivity contribution < 1.29 is 4.79 Å². The van der Waals surface area contributed by atoms with Gasteiger partial charge in [-0.2, -0.15) is 0 Å². The van der Waals surface area contributed by atoms with Crippen LogP contribution in [-0.2, 0) is 6.42 Å². The lowest BCUT2D eigenvalue weighted by Crippen LogP contribution is -2.32. The van der Waals surface area contributed by atoms with Gasteiger partial charge in [-0.3, -0.25) is 0 Å². The standard InChI is InChI=1S/C17H22N4OS/c1-3-14(16-18-8-10-23-16)20-17(22)19-13-6-5-12-7-9-21(4-2)15(12)11-13/h5-6,8,10-11,14H,3-4,7,9H2,1-2H3,(H2,19,20,22)/t14-/m0/s1. The molecular weight excluding hydrogens is 308 g/mol. The van der Waals surface area contributed by atoms with E-state index in [1.54, 1.807) is 17.5 Å². The molecule has 5 nitrogen and oxygen atoms in total. The van der Waals surface area contributed by atoms with Gasteiger partial charge in [0.2, 0.25) is 0 Å². The first-order valence-electron chi connectivity index (χ1n) is 8.06. The first-order chi connectivity index (χ1) is 11.2. The van der Waals surface area contributed by atoms with Gasteiger partial charge in [0, 0.05) is 36.0 Å². The molecule has 0 aliphatic carbocycles. The van der Waals surface area contributed by atoms with Gasteiger partial charge in [-0.1, -0.05) is 13.0 Å². The average molecular weight is 330 g/mol. The number of hydrogen-bond acceptors (Lipinski definition) is 4. The van der Waals surface area contributed by atoms with E-state index in [2.05, 4.69) is 39.6 Å². The van der Waals surface area contributed by atoms with Crippen molar-refractivity contribution in [2.75, 3.05) is 23.3 Å². The van der Waals surface area contributed by atoms with E-state index in [0.717, 1.165) is 36.6 Å². The van der Waals surface area contributed by atoms with E-state index >= 15 is 0 Å². The van der Waals surface area contributed by atoms with E-state index in [-0.39, 0.29) is 12.1 Å². The van der Waals surface area contributed by atoms with Crippen molar-refractivity contribution in [2.45, 2.75) is 32.7 Å². The number of nitrogens with one attached hydrogen (secondary N) is 2. The van der Waals surface area contributed by atoms with Gasteiger partial charge in [0.05, 0.1) is 6.04 Å². The minimum absolute atomic E-state index is 0.0448. The predicted molar refractivity (Wildman–Crippen MR) is 95.3 cm³/mol. The van der Waals surface area contributed by atoms with Crippen LogP contribution >= 0.6 is 11.3 Å². The van der Waals surface area contributed by atoms with Gasteiger partial charge in [0.25, 0.3) is 0 Å². The number of urea groups is 1. The zero-order valence-electron chi connectivity index (χ0n) is 13.5. The Balaban J connectivity index is 1.66. The SMILES string of the molecule is CC[C@H](NC(=O)Nc1ccc2c(c1)N(CC)CC2)c1nccs1. The number of rotatable bonds is 5. The second-order valence-electron chi connectivity index (χ2n) is 5.60. The molecule has 2 heterocycles. The molecule has 1 aromatic carbocycles. The van der Waals surface area contributed by atoms with Crippen molar-refractivity contribution >= 4 is 28.7 Å². The normalized spacial score (nSPS) is 14.4. The van der Waals surface area contributed by atoms with Crippen molar-refractivity contribution in [1.29, 1.82) is 0 Å². The molecular formula is C17H22N4OS. The molecule has 0 spiro atoms. The van der Waals surface area contributed by atoms with Gasteiger partial charge in [0.1, 0.15) is 5.01 Å². The van der Waals surface area contributed by atoms with Gasteiger partial charge in [-0.05, 0) is 37.5 Å². The van der Waals surface area contributed by atoms with Crippen LogP contribution < -0.4 is 15.5 Å². The first-order valence-corrected chi connectivity index (χ1v) is 8.94. The van der Waals surface area contributed by atoms with Crippen LogP contribution in [0, 0.1) is 0 Å². The smallest absolute Gasteiger partial charge is 0.319 e. The van der Waals surface area contributed by atoms with E-state index in [0.29, 0.717) is 0 Å². The largest absolute Gasteiger partial charge is 0.371 e. The van der Waals surface area contributed by atoms with Gasteiger partial charge in [-0.15, -0.1) is 11.3 Å². The maximum absolute atomic E-state index is 12.3. The summed E-state index contributed by atoms with van der Waals surface area (Å²) in [5, 5.41) is 8.80. The van der Waals surface area contributed by atoms with E-state index in [1.165, 1.54) is 11.3 Å². The highest BCUT2D eigenvalue weighted by atomic mass is 32.1. The Hall–Kier alpha value is -2.08. The zero-order valence-corrected chi connectivity index (χ0v) is 14.3. The summed E-state index contributed by atoms with van der Waals surface area (Å²) in [5.74, 6) is 0. The molecule has 122 valence electrons. The summed E-state index contributed by atoms with van der Waals surface area (Å²) in [7, 11) is 0. The maximum atomic E-state index is 12.3. The molecule has 1 aliphatic heterocycles. The Morgan fingerprint density at radius 2 is 2.30 bits per heavy atom. The highest BCUT2D eigenvalue weighted by Gasteiger charge is 2.19. The monoisotopic (exact) mass is 330 g/mol. The maximum Gasteiger partial charge on any atom is 0.319 e. The fourth-order valence-electron chi connectivity index (χ4n) is 2.92. The average Bonchev–Trinajstić information content (AvgIpc) is 3.21. The Labute approximate surface area is 140 Å². The highest BCUT2D eigenvalue weighted by Crippen LogP contribution is 2.30. The molecule has 0 unspecified atom stereocenters. The second kappa shape index (κ2) is 7.00. The number of fused-ring (bicyclic) bond motifs is 1. The second-order valence-corrected chi connectivity index (χ2v) is 6.53. The Morgan fingerprint density at radius 3 is 3.00 bits per heavy atom. The molecule has 1 atom stereocenters. The molecule has 6 heteroatoms. The van der Waals surface area contributed by atoms with Gasteiger partial charge in [-0.25, -0.2) is 9.78 Å². The fraction of sp³-hybridized carbons (Fsp3) is 0.412. The lowest BCUT2D eigenvalue weighted by molar-refractivity contribution is 0.248. The number of nitrogens with zero attached hydrogens (tertiary/aromatic N) is 2. The van der Waals surface area contributed by atoms with Gasteiger partial charge >= 0.3 is 6.03 Å². The number of thiazole rings is 1. The molecule has 0 bridgehead atoms. The fourth-order valence-corrected chi connectivity index (χ4v) is 3.69. The Kier molecular flexibility index (Phi) is 4.81. The van der Waals surface area contributed by atoms with Gasteiger partial charge < -0.3 is 15.5 Å². The van der Waals surface area contributed by atoms with E-state index in [4.69, 9.17) is 0 Å². The molecule has 0 radical (unpaired) electrons. The van der Waals surface area contributed by atoms with Crippen LogP contribution in [0.15, 0.2) is 29.8 Å². The molecule has 2 N–H and O–H groups in total. The Bertz CT molecular complexity index is 671. The lowest BCUT2D eigenvalue weighted by atomic mass is 10.1. The zero-order chi connectivity index (χ0) is 16.2. The summed E-state index contributed by atoms with van der Waals surface area (Å²) in [4.78, 5) is 18.9. The minimum Gasteiger partial charge on any atom is -0.371 e. The van der Waals surface area contributed by atoms with E-state index < -0.39 is 0 Å². The van der Waals surface area contributed by atoms with Crippen LogP contribution in [-0.4, -0.2) is 24.1 Å². The molecule has 2 amide bonds. The first kappa shape index (κ1) is 15.8. The molecule has 3 rings (SSSR count). The van der Waals surface area contributed by atoms with Crippen LogP contribution in [0.25, 0.3) is 0 Å². The number of aromatic nitrogens is 1. The minimum atomic E-state index is -0.187. The number of anilines is 2. The summed E-state index contributed by atoms with van der Waals surface area (Å²) < 4.78 is 0. The molecule has 0 saturated carbocycles. The Morgan fingerprint density at radius 1 is 1.43 bits per heavy atom. The molecule has 2 aromatic rings. The van der Waals surface area contributed by atoms with Crippen LogP contribution in [0.2, 0.25) is 0 Å². The van der Waals surface area contributed by atoms with Crippen molar-refractivity contribution in [1.82, 2.24) is 10.3 Å². The molecule has 1 aromatic heterocycles. The molecule has 23 heavy (non-hydrogen) atoms.